The fourth-order valence-corrected chi connectivity index (χ4v) is 0.719. The van der Waals surface area contributed by atoms with Crippen LogP contribution < -0.4 is 0 Å². The Morgan fingerprint density at radius 1 is 1.58 bits per heavy atom. The van der Waals surface area contributed by atoms with Crippen molar-refractivity contribution in [2.24, 2.45) is 0 Å². The maximum absolute atomic E-state index is 11.9. The minimum absolute atomic E-state index is 0.546. The van der Waals surface area contributed by atoms with E-state index in [-0.39, 0.29) is 0 Å². The molecule has 0 aromatic carbocycles. The summed E-state index contributed by atoms with van der Waals surface area (Å²) < 4.78 is 35.6. The highest BCUT2D eigenvalue weighted by Gasteiger charge is 2.48. The van der Waals surface area contributed by atoms with Crippen LogP contribution in [0.4, 0.5) is 13.2 Å². The van der Waals surface area contributed by atoms with Crippen molar-refractivity contribution in [2.45, 2.75) is 12.3 Å². The standard InChI is InChI=1S/C5H4F3NO3/c6-5(7,8)9-3(4(10)11)1-2-12-9/h1-3H,(H,10,11). The fourth-order valence-electron chi connectivity index (χ4n) is 0.719. The van der Waals surface area contributed by atoms with E-state index in [9.17, 15) is 18.0 Å². The van der Waals surface area contributed by atoms with Crippen LogP contribution in [0.25, 0.3) is 0 Å². The summed E-state index contributed by atoms with van der Waals surface area (Å²) in [7, 11) is 0. The number of hydrogen-bond donors (Lipinski definition) is 1. The van der Waals surface area contributed by atoms with Crippen LogP contribution in [0.1, 0.15) is 0 Å². The van der Waals surface area contributed by atoms with Gasteiger partial charge in [-0.25, -0.2) is 0 Å². The highest BCUT2D eigenvalue weighted by Crippen LogP contribution is 2.27. The van der Waals surface area contributed by atoms with Crippen LogP contribution in [0.15, 0.2) is 12.3 Å². The van der Waals surface area contributed by atoms with Gasteiger partial charge in [0.25, 0.3) is 0 Å². The number of hydrogen-bond acceptors (Lipinski definition) is 3. The molecule has 1 atom stereocenters. The first kappa shape index (κ1) is 8.85. The molecule has 1 rings (SSSR count). The summed E-state index contributed by atoms with van der Waals surface area (Å²) in [6.45, 7) is 0. The Morgan fingerprint density at radius 3 is 2.50 bits per heavy atom. The number of nitrogens with zero attached hydrogens (tertiary/aromatic N) is 1. The molecule has 0 fully saturated rings. The van der Waals surface area contributed by atoms with Crippen molar-refractivity contribution in [2.75, 3.05) is 0 Å². The Morgan fingerprint density at radius 2 is 2.17 bits per heavy atom. The van der Waals surface area contributed by atoms with Crippen molar-refractivity contribution < 1.29 is 27.9 Å². The normalized spacial score (nSPS) is 24.1. The van der Waals surface area contributed by atoms with Gasteiger partial charge in [0, 0.05) is 0 Å². The van der Waals surface area contributed by atoms with Gasteiger partial charge in [-0.1, -0.05) is 0 Å². The van der Waals surface area contributed by atoms with Crippen molar-refractivity contribution in [3.63, 3.8) is 0 Å². The molecule has 1 aliphatic rings. The molecule has 68 valence electrons. The second kappa shape index (κ2) is 2.67. The predicted molar refractivity (Wildman–Crippen MR) is 29.5 cm³/mol. The van der Waals surface area contributed by atoms with Crippen molar-refractivity contribution in [3.05, 3.63) is 12.3 Å². The van der Waals surface area contributed by atoms with Gasteiger partial charge < -0.3 is 9.94 Å². The number of aliphatic carboxylic acids is 1. The number of hydroxylamine groups is 2. The summed E-state index contributed by atoms with van der Waals surface area (Å²) in [4.78, 5) is 14.1. The van der Waals surface area contributed by atoms with E-state index in [0.717, 1.165) is 6.08 Å². The van der Waals surface area contributed by atoms with E-state index < -0.39 is 23.4 Å². The lowest BCUT2D eigenvalue weighted by molar-refractivity contribution is -0.352. The summed E-state index contributed by atoms with van der Waals surface area (Å²) >= 11 is 0. The van der Waals surface area contributed by atoms with E-state index in [1.54, 1.807) is 0 Å². The Hall–Kier alpha value is -1.24. The Labute approximate surface area is 64.8 Å². The largest absolute Gasteiger partial charge is 0.493 e. The topological polar surface area (TPSA) is 49.8 Å². The molecule has 4 nitrogen and oxygen atoms in total. The van der Waals surface area contributed by atoms with Gasteiger partial charge in [-0.3, -0.25) is 4.79 Å². The zero-order valence-corrected chi connectivity index (χ0v) is 5.58. The summed E-state index contributed by atoms with van der Waals surface area (Å²) in [5, 5.41) is 7.73. The fraction of sp³-hybridized carbons (Fsp3) is 0.400. The molecule has 0 aliphatic carbocycles. The molecule has 1 aliphatic heterocycles. The maximum Gasteiger partial charge on any atom is 0.493 e. The molecule has 1 unspecified atom stereocenters. The Balaban J connectivity index is 2.75. The van der Waals surface area contributed by atoms with Gasteiger partial charge in [0.15, 0.2) is 6.04 Å². The molecule has 0 saturated carbocycles. The monoisotopic (exact) mass is 183 g/mol. The second-order valence-corrected chi connectivity index (χ2v) is 2.01. The third-order valence-corrected chi connectivity index (χ3v) is 1.19. The van der Waals surface area contributed by atoms with Crippen LogP contribution in [0.2, 0.25) is 0 Å². The smallest absolute Gasteiger partial charge is 0.480 e. The lowest BCUT2D eigenvalue weighted by Crippen LogP contribution is -2.44. The van der Waals surface area contributed by atoms with Gasteiger partial charge in [0.1, 0.15) is 6.26 Å². The molecule has 0 saturated heterocycles. The third kappa shape index (κ3) is 1.50. The van der Waals surface area contributed by atoms with Crippen LogP contribution >= 0.6 is 0 Å². The first-order valence-electron chi connectivity index (χ1n) is 2.85. The summed E-state index contributed by atoms with van der Waals surface area (Å²) in [6, 6.07) is -1.79. The molecular weight excluding hydrogens is 179 g/mol. The quantitative estimate of drug-likeness (QED) is 0.608. The minimum Gasteiger partial charge on any atom is -0.480 e. The van der Waals surface area contributed by atoms with E-state index >= 15 is 0 Å². The van der Waals surface area contributed by atoms with Crippen molar-refractivity contribution in [1.82, 2.24) is 5.06 Å². The van der Waals surface area contributed by atoms with Crippen molar-refractivity contribution in [3.8, 4) is 0 Å². The number of carboxylic acid groups (broad SMARTS) is 1. The van der Waals surface area contributed by atoms with Gasteiger partial charge >= 0.3 is 12.3 Å². The van der Waals surface area contributed by atoms with Crippen molar-refractivity contribution >= 4 is 5.97 Å². The second-order valence-electron chi connectivity index (χ2n) is 2.01. The van der Waals surface area contributed by atoms with Crippen LogP contribution in [0, 0.1) is 0 Å². The predicted octanol–water partition coefficient (Wildman–Crippen LogP) is 0.720. The average molecular weight is 183 g/mol. The van der Waals surface area contributed by atoms with Crippen LogP contribution in [-0.4, -0.2) is 28.5 Å². The van der Waals surface area contributed by atoms with E-state index in [0.29, 0.717) is 6.26 Å². The molecule has 7 heteroatoms. The molecule has 1 heterocycles. The first-order chi connectivity index (χ1) is 5.43. The highest BCUT2D eigenvalue weighted by molar-refractivity contribution is 5.76. The summed E-state index contributed by atoms with van der Waals surface area (Å²) in [5.74, 6) is -1.61. The van der Waals surface area contributed by atoms with Crippen LogP contribution in [0.3, 0.4) is 0 Å². The molecule has 0 aromatic rings. The summed E-state index contributed by atoms with van der Waals surface area (Å²) in [6.07, 6.45) is -3.31. The molecule has 0 aromatic heterocycles. The Kier molecular flexibility index (Phi) is 1.97. The number of carbonyl (C=O) groups is 1. The van der Waals surface area contributed by atoms with E-state index in [4.69, 9.17) is 5.11 Å². The van der Waals surface area contributed by atoms with Crippen LogP contribution in [-0.2, 0) is 9.63 Å². The molecule has 0 radical (unpaired) electrons. The molecule has 0 spiro atoms. The van der Waals surface area contributed by atoms with Gasteiger partial charge in [-0.2, -0.15) is 13.2 Å². The zero-order valence-electron chi connectivity index (χ0n) is 5.58. The van der Waals surface area contributed by atoms with Gasteiger partial charge in [-0.15, -0.1) is 0 Å². The van der Waals surface area contributed by atoms with Gasteiger partial charge in [0.05, 0.1) is 0 Å². The lowest BCUT2D eigenvalue weighted by Gasteiger charge is -2.21. The number of halogens is 3. The van der Waals surface area contributed by atoms with E-state index in [1.165, 1.54) is 0 Å². The third-order valence-electron chi connectivity index (χ3n) is 1.19. The minimum atomic E-state index is -4.80. The zero-order chi connectivity index (χ0) is 9.35. The molecule has 1 N–H and O–H groups in total. The highest BCUT2D eigenvalue weighted by atomic mass is 19.4. The number of carboxylic acids is 1. The maximum atomic E-state index is 11.9. The molecule has 0 bridgehead atoms. The lowest BCUT2D eigenvalue weighted by atomic mass is 10.3. The number of rotatable bonds is 1. The van der Waals surface area contributed by atoms with Gasteiger partial charge in [0.2, 0.25) is 0 Å². The first-order valence-corrected chi connectivity index (χ1v) is 2.85. The molecular formula is C5H4F3NO3. The molecule has 12 heavy (non-hydrogen) atoms. The van der Waals surface area contributed by atoms with E-state index in [1.807, 2.05) is 0 Å². The summed E-state index contributed by atoms with van der Waals surface area (Å²) in [5.41, 5.74) is 0. The van der Waals surface area contributed by atoms with E-state index in [2.05, 4.69) is 4.84 Å². The van der Waals surface area contributed by atoms with Crippen molar-refractivity contribution in [1.29, 1.82) is 0 Å². The van der Waals surface area contributed by atoms with Crippen LogP contribution in [0.5, 0.6) is 0 Å². The Bertz CT molecular complexity index is 224. The van der Waals surface area contributed by atoms with Gasteiger partial charge in [-0.05, 0) is 11.1 Å². The number of alkyl halides is 3. The molecule has 0 amide bonds. The SMILES string of the molecule is O=C(O)C1C=CON1C(F)(F)F. The average Bonchev–Trinajstić information content (AvgIpc) is 2.30.